The molecule has 1 aromatic carbocycles. The average molecular weight is 260 g/mol. The van der Waals surface area contributed by atoms with Gasteiger partial charge in [-0.15, -0.1) is 0 Å². The van der Waals surface area contributed by atoms with Gasteiger partial charge in [-0.25, -0.2) is 0 Å². The maximum atomic E-state index is 11.7. The second-order valence-corrected chi connectivity index (χ2v) is 6.03. The lowest BCUT2D eigenvalue weighted by atomic mass is 9.59. The van der Waals surface area contributed by atoms with E-state index in [0.29, 0.717) is 18.0 Å². The number of carbonyl (C=O) groups is 1. The van der Waals surface area contributed by atoms with Crippen LogP contribution in [0.25, 0.3) is 0 Å². The van der Waals surface area contributed by atoms with Gasteiger partial charge in [-0.3, -0.25) is 4.79 Å². The van der Waals surface area contributed by atoms with Crippen LogP contribution in [0.4, 0.5) is 5.69 Å². The van der Waals surface area contributed by atoms with Crippen molar-refractivity contribution in [1.82, 2.24) is 4.90 Å². The Morgan fingerprint density at radius 3 is 2.68 bits per heavy atom. The van der Waals surface area contributed by atoms with Crippen molar-refractivity contribution >= 4 is 11.6 Å². The van der Waals surface area contributed by atoms with Crippen LogP contribution >= 0.6 is 0 Å². The summed E-state index contributed by atoms with van der Waals surface area (Å²) in [5, 5.41) is 0. The topological polar surface area (TPSA) is 55.6 Å². The summed E-state index contributed by atoms with van der Waals surface area (Å²) in [5.41, 5.74) is 8.14. The number of hydrogen-bond acceptors (Lipinski definition) is 3. The maximum Gasteiger partial charge on any atom is 0.222 e. The van der Waals surface area contributed by atoms with E-state index in [2.05, 4.69) is 6.07 Å². The highest BCUT2D eigenvalue weighted by Gasteiger charge is 2.51. The molecule has 1 spiro atoms. The van der Waals surface area contributed by atoms with E-state index in [1.807, 2.05) is 24.1 Å². The molecule has 4 heteroatoms. The lowest BCUT2D eigenvalue weighted by molar-refractivity contribution is -0.126. The lowest BCUT2D eigenvalue weighted by Gasteiger charge is -2.45. The van der Waals surface area contributed by atoms with E-state index >= 15 is 0 Å². The molecule has 1 heterocycles. The van der Waals surface area contributed by atoms with Crippen molar-refractivity contribution in [1.29, 1.82) is 0 Å². The minimum absolute atomic E-state index is 0.227. The number of benzene rings is 1. The zero-order valence-electron chi connectivity index (χ0n) is 11.5. The predicted molar refractivity (Wildman–Crippen MR) is 74.1 cm³/mol. The molecule has 1 amide bonds. The third kappa shape index (κ3) is 1.95. The number of carbonyl (C=O) groups excluding carboxylic acids is 1. The molecule has 2 aliphatic rings. The van der Waals surface area contributed by atoms with Gasteiger partial charge in [0.25, 0.3) is 0 Å². The Morgan fingerprint density at radius 1 is 1.42 bits per heavy atom. The highest BCUT2D eigenvalue weighted by Crippen LogP contribution is 2.56. The lowest BCUT2D eigenvalue weighted by Crippen LogP contribution is -2.37. The van der Waals surface area contributed by atoms with Gasteiger partial charge in [0.15, 0.2) is 0 Å². The molecule has 4 nitrogen and oxygen atoms in total. The highest BCUT2D eigenvalue weighted by atomic mass is 16.5. The summed E-state index contributed by atoms with van der Waals surface area (Å²) >= 11 is 0. The molecule has 1 aromatic rings. The molecule has 1 saturated heterocycles. The minimum atomic E-state index is 0.227. The molecular formula is C15H20N2O2. The van der Waals surface area contributed by atoms with Crippen molar-refractivity contribution < 1.29 is 9.53 Å². The van der Waals surface area contributed by atoms with Gasteiger partial charge in [0, 0.05) is 20.0 Å². The Hall–Kier alpha value is -1.71. The monoisotopic (exact) mass is 260 g/mol. The number of likely N-dealkylation sites (tertiary alicyclic amines) is 1. The molecule has 0 bridgehead atoms. The number of nitrogens with zero attached hydrogens (tertiary/aromatic N) is 1. The number of hydrogen-bond donors (Lipinski definition) is 1. The Bertz CT molecular complexity index is 521. The fourth-order valence-electron chi connectivity index (χ4n) is 3.60. The van der Waals surface area contributed by atoms with Gasteiger partial charge in [0.05, 0.1) is 12.8 Å². The van der Waals surface area contributed by atoms with Crippen molar-refractivity contribution in [3.63, 3.8) is 0 Å². The molecule has 0 unspecified atom stereocenters. The van der Waals surface area contributed by atoms with Crippen molar-refractivity contribution in [2.24, 2.45) is 5.41 Å². The first-order valence-corrected chi connectivity index (χ1v) is 6.70. The molecule has 102 valence electrons. The number of ether oxygens (including phenoxy) is 1. The second-order valence-electron chi connectivity index (χ2n) is 6.03. The normalized spacial score (nSPS) is 29.7. The van der Waals surface area contributed by atoms with E-state index < -0.39 is 0 Å². The number of nitrogens with two attached hydrogens (primary N) is 1. The van der Waals surface area contributed by atoms with E-state index in [4.69, 9.17) is 10.5 Å². The fraction of sp³-hybridized carbons (Fsp3) is 0.533. The summed E-state index contributed by atoms with van der Waals surface area (Å²) in [5.74, 6) is 1.55. The van der Waals surface area contributed by atoms with Crippen LogP contribution in [0.3, 0.4) is 0 Å². The Labute approximate surface area is 113 Å². The van der Waals surface area contributed by atoms with Crippen LogP contribution in [-0.2, 0) is 4.79 Å². The zero-order valence-corrected chi connectivity index (χ0v) is 11.5. The van der Waals surface area contributed by atoms with Crippen molar-refractivity contribution in [3.05, 3.63) is 23.8 Å². The third-order valence-electron chi connectivity index (χ3n) is 4.61. The summed E-state index contributed by atoms with van der Waals surface area (Å²) in [6, 6.07) is 6.03. The van der Waals surface area contributed by atoms with Crippen LogP contribution in [0.2, 0.25) is 0 Å². The average Bonchev–Trinajstić information content (AvgIpc) is 2.64. The molecule has 2 fully saturated rings. The molecule has 1 saturated carbocycles. The van der Waals surface area contributed by atoms with Crippen molar-refractivity contribution in [2.45, 2.75) is 25.2 Å². The molecular weight excluding hydrogens is 240 g/mol. The number of amides is 1. The third-order valence-corrected chi connectivity index (χ3v) is 4.61. The number of anilines is 1. The van der Waals surface area contributed by atoms with Crippen molar-refractivity contribution in [3.8, 4) is 5.75 Å². The maximum absolute atomic E-state index is 11.7. The summed E-state index contributed by atoms with van der Waals surface area (Å²) < 4.78 is 5.18. The van der Waals surface area contributed by atoms with Gasteiger partial charge in [-0.1, -0.05) is 6.07 Å². The van der Waals surface area contributed by atoms with Crippen molar-refractivity contribution in [2.75, 3.05) is 26.4 Å². The van der Waals surface area contributed by atoms with Gasteiger partial charge in [0.1, 0.15) is 5.75 Å². The van der Waals surface area contributed by atoms with Gasteiger partial charge in [0.2, 0.25) is 5.91 Å². The molecule has 0 aromatic heterocycles. The SMILES string of the molecule is COc1ccc(C2CC3(CC(=O)N(C)C3)C2)cc1N. The summed E-state index contributed by atoms with van der Waals surface area (Å²) in [6.07, 6.45) is 2.90. The number of methoxy groups -OCH3 is 1. The largest absolute Gasteiger partial charge is 0.495 e. The quantitative estimate of drug-likeness (QED) is 0.827. The summed E-state index contributed by atoms with van der Waals surface area (Å²) in [7, 11) is 3.53. The van der Waals surface area contributed by atoms with Crippen LogP contribution in [0, 0.1) is 5.41 Å². The first-order valence-electron chi connectivity index (χ1n) is 6.70. The van der Waals surface area contributed by atoms with Crippen LogP contribution in [-0.4, -0.2) is 31.5 Å². The van der Waals surface area contributed by atoms with E-state index in [0.717, 1.165) is 25.1 Å². The van der Waals surface area contributed by atoms with Gasteiger partial charge >= 0.3 is 0 Å². The van der Waals surface area contributed by atoms with Crippen LogP contribution in [0.5, 0.6) is 5.75 Å². The molecule has 1 aliphatic carbocycles. The first-order chi connectivity index (χ1) is 9.03. The van der Waals surface area contributed by atoms with E-state index in [-0.39, 0.29) is 11.3 Å². The van der Waals surface area contributed by atoms with E-state index in [1.165, 1.54) is 5.56 Å². The molecule has 3 rings (SSSR count). The molecule has 1 aliphatic heterocycles. The van der Waals surface area contributed by atoms with Gasteiger partial charge in [-0.2, -0.15) is 0 Å². The number of nitrogen functional groups attached to an aromatic ring is 1. The highest BCUT2D eigenvalue weighted by molar-refractivity contribution is 5.79. The minimum Gasteiger partial charge on any atom is -0.495 e. The predicted octanol–water partition coefficient (Wildman–Crippen LogP) is 2.00. The molecule has 2 N–H and O–H groups in total. The van der Waals surface area contributed by atoms with Crippen LogP contribution in [0.1, 0.15) is 30.7 Å². The van der Waals surface area contributed by atoms with E-state index in [9.17, 15) is 4.79 Å². The molecule has 0 radical (unpaired) electrons. The number of rotatable bonds is 2. The first kappa shape index (κ1) is 12.3. The fourth-order valence-corrected chi connectivity index (χ4v) is 3.60. The summed E-state index contributed by atoms with van der Waals surface area (Å²) in [4.78, 5) is 13.5. The van der Waals surface area contributed by atoms with Gasteiger partial charge in [-0.05, 0) is 41.9 Å². The van der Waals surface area contributed by atoms with E-state index in [1.54, 1.807) is 7.11 Å². The summed E-state index contributed by atoms with van der Waals surface area (Å²) in [6.45, 7) is 0.911. The van der Waals surface area contributed by atoms with Gasteiger partial charge < -0.3 is 15.4 Å². The smallest absolute Gasteiger partial charge is 0.222 e. The zero-order chi connectivity index (χ0) is 13.6. The molecule has 0 atom stereocenters. The Morgan fingerprint density at radius 2 is 2.16 bits per heavy atom. The van der Waals surface area contributed by atoms with Crippen LogP contribution in [0.15, 0.2) is 18.2 Å². The standard InChI is InChI=1S/C15H20N2O2/c1-17-9-15(8-14(17)18)6-11(7-15)10-3-4-13(19-2)12(16)5-10/h3-5,11H,6-9,16H2,1-2H3. The molecule has 19 heavy (non-hydrogen) atoms. The second kappa shape index (κ2) is 4.15. The Kier molecular flexibility index (Phi) is 2.69. The Balaban J connectivity index is 1.71. The van der Waals surface area contributed by atoms with Crippen LogP contribution < -0.4 is 10.5 Å².